The van der Waals surface area contributed by atoms with E-state index in [1.807, 2.05) is 0 Å². The molecule has 28 heavy (non-hydrogen) atoms. The van der Waals surface area contributed by atoms with Gasteiger partial charge in [-0.25, -0.2) is 0 Å². The summed E-state index contributed by atoms with van der Waals surface area (Å²) in [6.07, 6.45) is 1.28. The van der Waals surface area contributed by atoms with Crippen LogP contribution in [0.1, 0.15) is 66.8 Å². The van der Waals surface area contributed by atoms with E-state index >= 15 is 0 Å². The molecule has 0 saturated heterocycles. The summed E-state index contributed by atoms with van der Waals surface area (Å²) >= 11 is 0. The van der Waals surface area contributed by atoms with Gasteiger partial charge in [0.2, 0.25) is 0 Å². The monoisotopic (exact) mass is 376 g/mol. The molecule has 0 atom stereocenters. The molecule has 0 spiro atoms. The van der Waals surface area contributed by atoms with Gasteiger partial charge in [-0.3, -0.25) is 19.2 Å². The van der Waals surface area contributed by atoms with Crippen LogP contribution in [-0.2, 0) is 0 Å². The Labute approximate surface area is 160 Å². The summed E-state index contributed by atoms with van der Waals surface area (Å²) in [6.45, 7) is 3.16. The van der Waals surface area contributed by atoms with Crippen LogP contribution in [0.5, 0.6) is 11.5 Å². The molecule has 2 aliphatic rings. The lowest BCUT2D eigenvalue weighted by Gasteiger charge is -2.22. The molecule has 140 valence electrons. The highest BCUT2D eigenvalue weighted by Crippen LogP contribution is 2.43. The first-order valence-electron chi connectivity index (χ1n) is 8.79. The van der Waals surface area contributed by atoms with Crippen molar-refractivity contribution in [1.82, 2.24) is 0 Å². The molecule has 4 rings (SSSR count). The number of phenolic OH excluding ortho intramolecular Hbond substituents is 2. The van der Waals surface area contributed by atoms with Crippen molar-refractivity contribution in [2.24, 2.45) is 0 Å². The fourth-order valence-corrected chi connectivity index (χ4v) is 3.95. The summed E-state index contributed by atoms with van der Waals surface area (Å²) in [5.74, 6) is -2.13. The molecule has 0 heterocycles. The third kappa shape index (κ3) is 2.34. The maximum Gasteiger partial charge on any atom is 0.190 e. The molecular formula is C22H16O6. The Morgan fingerprint density at radius 3 is 2.07 bits per heavy atom. The van der Waals surface area contributed by atoms with Crippen molar-refractivity contribution in [3.05, 3.63) is 57.7 Å². The Kier molecular flexibility index (Phi) is 3.82. The number of Topliss-reactive ketones (excluding diaryl/α,β-unsaturated/α-hetero) is 3. The molecule has 0 radical (unpaired) electrons. The van der Waals surface area contributed by atoms with Crippen molar-refractivity contribution < 1.29 is 29.4 Å². The number of aromatic hydroxyl groups is 2. The number of carbonyl (C=O) groups is 4. The van der Waals surface area contributed by atoms with E-state index in [4.69, 9.17) is 0 Å². The second-order valence-electron chi connectivity index (χ2n) is 7.07. The van der Waals surface area contributed by atoms with E-state index in [1.165, 1.54) is 31.2 Å². The largest absolute Gasteiger partial charge is 0.507 e. The van der Waals surface area contributed by atoms with E-state index in [9.17, 15) is 29.4 Å². The summed E-state index contributed by atoms with van der Waals surface area (Å²) in [5.41, 5.74) is 1.39. The molecule has 0 unspecified atom stereocenters. The van der Waals surface area contributed by atoms with Crippen LogP contribution in [0.25, 0.3) is 11.1 Å². The highest BCUT2D eigenvalue weighted by molar-refractivity contribution is 6.26. The number of rotatable bonds is 1. The Bertz CT molecular complexity index is 1170. The molecule has 0 bridgehead atoms. The quantitative estimate of drug-likeness (QED) is 0.788. The number of allylic oxidation sites excluding steroid dienone is 2. The molecule has 0 amide bonds. The predicted octanol–water partition coefficient (Wildman–Crippen LogP) is 3.56. The van der Waals surface area contributed by atoms with Crippen LogP contribution in [0.15, 0.2) is 29.8 Å². The van der Waals surface area contributed by atoms with Gasteiger partial charge in [0.15, 0.2) is 23.1 Å². The first-order valence-corrected chi connectivity index (χ1v) is 8.79. The predicted molar refractivity (Wildman–Crippen MR) is 100 cm³/mol. The molecule has 0 fully saturated rings. The van der Waals surface area contributed by atoms with Gasteiger partial charge in [0.25, 0.3) is 0 Å². The SMILES string of the molecule is CC1=CC(=O)c2c(ccc(-c3cc(O)c4c(c3C)C(=O)CCC4=O)c2O)C1=O. The molecule has 2 aliphatic carbocycles. The van der Waals surface area contributed by atoms with Crippen molar-refractivity contribution in [3.8, 4) is 22.6 Å². The number of fused-ring (bicyclic) bond motifs is 2. The van der Waals surface area contributed by atoms with E-state index in [0.29, 0.717) is 11.1 Å². The highest BCUT2D eigenvalue weighted by Gasteiger charge is 2.32. The number of phenols is 2. The highest BCUT2D eigenvalue weighted by atomic mass is 16.3. The lowest BCUT2D eigenvalue weighted by molar-refractivity contribution is 0.0887. The van der Waals surface area contributed by atoms with Crippen LogP contribution in [0.3, 0.4) is 0 Å². The van der Waals surface area contributed by atoms with E-state index in [2.05, 4.69) is 0 Å². The molecule has 0 aromatic heterocycles. The average molecular weight is 376 g/mol. The summed E-state index contributed by atoms with van der Waals surface area (Å²) < 4.78 is 0. The lowest BCUT2D eigenvalue weighted by atomic mass is 9.81. The van der Waals surface area contributed by atoms with Crippen LogP contribution >= 0.6 is 0 Å². The maximum atomic E-state index is 12.4. The first-order chi connectivity index (χ1) is 13.2. The van der Waals surface area contributed by atoms with Crippen LogP contribution in [0, 0.1) is 6.92 Å². The second-order valence-corrected chi connectivity index (χ2v) is 7.07. The minimum atomic E-state index is -0.488. The maximum absolute atomic E-state index is 12.4. The summed E-state index contributed by atoms with van der Waals surface area (Å²) in [5, 5.41) is 21.1. The van der Waals surface area contributed by atoms with Gasteiger partial charge < -0.3 is 10.2 Å². The van der Waals surface area contributed by atoms with Gasteiger partial charge in [-0.15, -0.1) is 0 Å². The molecule has 2 N–H and O–H groups in total. The average Bonchev–Trinajstić information content (AvgIpc) is 2.64. The van der Waals surface area contributed by atoms with Gasteiger partial charge in [-0.05, 0) is 49.2 Å². The summed E-state index contributed by atoms with van der Waals surface area (Å²) in [4.78, 5) is 49.3. The van der Waals surface area contributed by atoms with Crippen molar-refractivity contribution in [3.63, 3.8) is 0 Å². The normalized spacial score (nSPS) is 16.0. The molecule has 0 aliphatic heterocycles. The second kappa shape index (κ2) is 5.99. The minimum Gasteiger partial charge on any atom is -0.507 e. The third-order valence-electron chi connectivity index (χ3n) is 5.37. The Morgan fingerprint density at radius 1 is 0.786 bits per heavy atom. The molecule has 0 saturated carbocycles. The van der Waals surface area contributed by atoms with Crippen LogP contribution in [0.4, 0.5) is 0 Å². The summed E-state index contributed by atoms with van der Waals surface area (Å²) in [6, 6.07) is 4.23. The van der Waals surface area contributed by atoms with Crippen molar-refractivity contribution in [1.29, 1.82) is 0 Å². The van der Waals surface area contributed by atoms with Crippen LogP contribution in [0.2, 0.25) is 0 Å². The number of benzene rings is 2. The zero-order valence-corrected chi connectivity index (χ0v) is 15.3. The van der Waals surface area contributed by atoms with E-state index in [0.717, 1.165) is 0 Å². The van der Waals surface area contributed by atoms with Crippen LogP contribution < -0.4 is 0 Å². The molecular weight excluding hydrogens is 360 g/mol. The zero-order valence-electron chi connectivity index (χ0n) is 15.3. The Hall–Kier alpha value is -3.54. The van der Waals surface area contributed by atoms with Gasteiger partial charge >= 0.3 is 0 Å². The standard InChI is InChI=1S/C22H16O6/c1-9-7-16(25)19-12(21(9)27)4-3-11(22(19)28)13-8-17(26)20-15(24)6-5-14(23)18(20)10(13)2/h3-4,7-8,26,28H,5-6H2,1-2H3. The number of hydrogen-bond acceptors (Lipinski definition) is 6. The van der Waals surface area contributed by atoms with Crippen LogP contribution in [-0.4, -0.2) is 33.3 Å². The fourth-order valence-electron chi connectivity index (χ4n) is 3.95. The summed E-state index contributed by atoms with van der Waals surface area (Å²) in [7, 11) is 0. The zero-order chi connectivity index (χ0) is 20.3. The molecule has 2 aromatic carbocycles. The Balaban J connectivity index is 2.00. The van der Waals surface area contributed by atoms with Crippen molar-refractivity contribution in [2.75, 3.05) is 0 Å². The minimum absolute atomic E-state index is 0.000220. The smallest absolute Gasteiger partial charge is 0.190 e. The molecule has 2 aromatic rings. The van der Waals surface area contributed by atoms with E-state index in [-0.39, 0.29) is 69.3 Å². The van der Waals surface area contributed by atoms with Gasteiger partial charge in [-0.2, -0.15) is 0 Å². The third-order valence-corrected chi connectivity index (χ3v) is 5.37. The molecule has 6 heteroatoms. The van der Waals surface area contributed by atoms with Crippen molar-refractivity contribution in [2.45, 2.75) is 26.7 Å². The Morgan fingerprint density at radius 2 is 1.39 bits per heavy atom. The van der Waals surface area contributed by atoms with Gasteiger partial charge in [0.05, 0.1) is 11.1 Å². The van der Waals surface area contributed by atoms with E-state index < -0.39 is 11.5 Å². The lowest BCUT2D eigenvalue weighted by Crippen LogP contribution is -2.19. The van der Waals surface area contributed by atoms with Crippen molar-refractivity contribution >= 4 is 23.1 Å². The number of carbonyl (C=O) groups excluding carboxylic acids is 4. The number of hydrogen-bond donors (Lipinski definition) is 2. The fraction of sp³-hybridized carbons (Fsp3) is 0.182. The van der Waals surface area contributed by atoms with E-state index in [1.54, 1.807) is 6.92 Å². The van der Waals surface area contributed by atoms with Gasteiger partial charge in [-0.1, -0.05) is 0 Å². The first kappa shape index (κ1) is 17.9. The van der Waals surface area contributed by atoms with Gasteiger partial charge in [0.1, 0.15) is 11.5 Å². The topological polar surface area (TPSA) is 109 Å². The number of ketones is 4. The molecule has 6 nitrogen and oxygen atoms in total. The van der Waals surface area contributed by atoms with Gasteiger partial charge in [0, 0.05) is 35.1 Å².